The molecule has 0 amide bonds. The minimum atomic E-state index is -0.431. The molecule has 0 fully saturated rings. The van der Waals surface area contributed by atoms with Crippen LogP contribution in [0, 0.1) is 0 Å². The van der Waals surface area contributed by atoms with Crippen molar-refractivity contribution in [3.8, 4) is 0 Å². The summed E-state index contributed by atoms with van der Waals surface area (Å²) in [5.41, 5.74) is 4.89. The third-order valence-corrected chi connectivity index (χ3v) is 2.04. The maximum Gasteiger partial charge on any atom is 0.278 e. The maximum absolute atomic E-state index is 11.5. The van der Waals surface area contributed by atoms with Crippen LogP contribution in [0.5, 0.6) is 0 Å². The highest BCUT2D eigenvalue weighted by molar-refractivity contribution is 6.31. The summed E-state index contributed by atoms with van der Waals surface area (Å²) in [5.74, 6) is 0.362. The summed E-state index contributed by atoms with van der Waals surface area (Å²) < 4.78 is 5.77. The first-order valence-corrected chi connectivity index (χ1v) is 4.32. The van der Waals surface area contributed by atoms with Crippen molar-refractivity contribution in [3.63, 3.8) is 0 Å². The third-order valence-electron chi connectivity index (χ3n) is 1.74. The van der Waals surface area contributed by atoms with Gasteiger partial charge in [-0.1, -0.05) is 16.8 Å². The van der Waals surface area contributed by atoms with Crippen LogP contribution < -0.4 is 11.3 Å². The zero-order valence-electron chi connectivity index (χ0n) is 7.42. The smallest absolute Gasteiger partial charge is 0.278 e. The molecule has 0 aliphatic rings. The molecular formula is C7H6ClN5O2. The van der Waals surface area contributed by atoms with E-state index in [1.165, 1.54) is 17.3 Å². The van der Waals surface area contributed by atoms with Crippen molar-refractivity contribution in [1.82, 2.24) is 19.7 Å². The number of nitrogens with zero attached hydrogens (tertiary/aromatic N) is 4. The second kappa shape index (κ2) is 3.70. The molecule has 8 heteroatoms. The van der Waals surface area contributed by atoms with Gasteiger partial charge >= 0.3 is 0 Å². The van der Waals surface area contributed by atoms with Gasteiger partial charge in [0.2, 0.25) is 6.39 Å². The highest BCUT2D eigenvalue weighted by Gasteiger charge is 2.08. The van der Waals surface area contributed by atoms with E-state index in [0.717, 1.165) is 0 Å². The van der Waals surface area contributed by atoms with E-state index in [1.807, 2.05) is 0 Å². The van der Waals surface area contributed by atoms with Crippen molar-refractivity contribution in [2.45, 2.75) is 6.54 Å². The third kappa shape index (κ3) is 1.82. The zero-order chi connectivity index (χ0) is 10.8. The lowest BCUT2D eigenvalue weighted by Crippen LogP contribution is -2.24. The van der Waals surface area contributed by atoms with E-state index in [0.29, 0.717) is 5.82 Å². The molecule has 0 spiro atoms. The molecule has 0 bridgehead atoms. The molecule has 78 valence electrons. The first-order chi connectivity index (χ1) is 7.18. The van der Waals surface area contributed by atoms with Crippen LogP contribution in [0.15, 0.2) is 22.0 Å². The molecule has 7 nitrogen and oxygen atoms in total. The highest BCUT2D eigenvalue weighted by Crippen LogP contribution is 2.08. The normalized spacial score (nSPS) is 10.5. The Labute approximate surface area is 88.5 Å². The number of aromatic nitrogens is 4. The van der Waals surface area contributed by atoms with Crippen LogP contribution in [0.1, 0.15) is 5.82 Å². The Morgan fingerprint density at radius 3 is 3.00 bits per heavy atom. The van der Waals surface area contributed by atoms with Crippen molar-refractivity contribution in [1.29, 1.82) is 0 Å². The average molecular weight is 228 g/mol. The van der Waals surface area contributed by atoms with E-state index >= 15 is 0 Å². The Hall–Kier alpha value is -1.89. The lowest BCUT2D eigenvalue weighted by Gasteiger charge is -2.02. The molecule has 15 heavy (non-hydrogen) atoms. The minimum Gasteiger partial charge on any atom is -0.392 e. The van der Waals surface area contributed by atoms with Crippen LogP contribution in [0.2, 0.25) is 5.15 Å². The van der Waals surface area contributed by atoms with Gasteiger partial charge in [-0.3, -0.25) is 9.36 Å². The molecule has 0 saturated heterocycles. The van der Waals surface area contributed by atoms with Gasteiger partial charge in [0.1, 0.15) is 5.69 Å². The summed E-state index contributed by atoms with van der Waals surface area (Å²) >= 11 is 5.57. The second-order valence-corrected chi connectivity index (χ2v) is 3.09. The molecule has 0 aliphatic heterocycles. The topological polar surface area (TPSA) is 99.8 Å². The van der Waals surface area contributed by atoms with Crippen molar-refractivity contribution in [3.05, 3.63) is 34.1 Å². The predicted octanol–water partition coefficient (Wildman–Crippen LogP) is -0.0898. The summed E-state index contributed by atoms with van der Waals surface area (Å²) in [6, 6.07) is 0. The van der Waals surface area contributed by atoms with Gasteiger partial charge < -0.3 is 10.3 Å². The first-order valence-electron chi connectivity index (χ1n) is 3.94. The summed E-state index contributed by atoms with van der Waals surface area (Å²) in [6.45, 7) is 0.143. The molecule has 2 heterocycles. The molecule has 0 atom stereocenters. The largest absolute Gasteiger partial charge is 0.392 e. The molecule has 2 aromatic rings. The summed E-state index contributed by atoms with van der Waals surface area (Å²) in [5, 5.41) is 3.55. The summed E-state index contributed by atoms with van der Waals surface area (Å²) in [4.78, 5) is 19.0. The zero-order valence-corrected chi connectivity index (χ0v) is 8.18. The maximum atomic E-state index is 11.5. The molecule has 2 rings (SSSR count). The van der Waals surface area contributed by atoms with Crippen LogP contribution >= 0.6 is 11.6 Å². The molecule has 0 unspecified atom stereocenters. The fourth-order valence-corrected chi connectivity index (χ4v) is 1.14. The van der Waals surface area contributed by atoms with Gasteiger partial charge in [0.15, 0.2) is 11.0 Å². The molecule has 0 aromatic carbocycles. The molecule has 0 saturated carbocycles. The van der Waals surface area contributed by atoms with Crippen LogP contribution in [0.4, 0.5) is 5.69 Å². The Balaban J connectivity index is 2.38. The van der Waals surface area contributed by atoms with E-state index in [1.54, 1.807) is 0 Å². The SMILES string of the molecule is Nc1c(Cl)ncn(Cc2ncon2)c1=O. The lowest BCUT2D eigenvalue weighted by molar-refractivity contribution is 0.407. The van der Waals surface area contributed by atoms with Crippen LogP contribution in [0.25, 0.3) is 0 Å². The summed E-state index contributed by atoms with van der Waals surface area (Å²) in [6.07, 6.45) is 2.45. The van der Waals surface area contributed by atoms with Gasteiger partial charge in [0.05, 0.1) is 12.9 Å². The average Bonchev–Trinajstić information content (AvgIpc) is 2.72. The number of nitrogen functional groups attached to an aromatic ring is 1. The molecular weight excluding hydrogens is 222 g/mol. The number of nitrogens with two attached hydrogens (primary N) is 1. The number of halogens is 1. The van der Waals surface area contributed by atoms with E-state index in [2.05, 4.69) is 19.6 Å². The molecule has 2 N–H and O–H groups in total. The van der Waals surface area contributed by atoms with E-state index in [4.69, 9.17) is 17.3 Å². The van der Waals surface area contributed by atoms with E-state index in [-0.39, 0.29) is 17.4 Å². The predicted molar refractivity (Wildman–Crippen MR) is 51.3 cm³/mol. The Kier molecular flexibility index (Phi) is 2.38. The number of rotatable bonds is 2. The Bertz CT molecular complexity index is 521. The van der Waals surface area contributed by atoms with E-state index < -0.39 is 5.56 Å². The van der Waals surface area contributed by atoms with Gasteiger partial charge in [-0.05, 0) is 0 Å². The minimum absolute atomic E-state index is 0.00985. The fourth-order valence-electron chi connectivity index (χ4n) is 1.01. The van der Waals surface area contributed by atoms with Gasteiger partial charge in [-0.25, -0.2) is 4.98 Å². The van der Waals surface area contributed by atoms with Gasteiger partial charge in [0.25, 0.3) is 5.56 Å². The standard InChI is InChI=1S/C7H6ClN5O2/c8-6-5(9)7(14)13(2-10-6)1-4-11-3-15-12-4/h2-3H,1,9H2. The molecule has 2 aromatic heterocycles. The quantitative estimate of drug-likeness (QED) is 0.720. The highest BCUT2D eigenvalue weighted by atomic mass is 35.5. The van der Waals surface area contributed by atoms with Gasteiger partial charge in [-0.15, -0.1) is 0 Å². The Morgan fingerprint density at radius 1 is 1.53 bits per heavy atom. The van der Waals surface area contributed by atoms with Crippen LogP contribution in [-0.4, -0.2) is 19.7 Å². The fraction of sp³-hybridized carbons (Fsp3) is 0.143. The summed E-state index contributed by atoms with van der Waals surface area (Å²) in [7, 11) is 0. The van der Waals surface area contributed by atoms with Crippen LogP contribution in [-0.2, 0) is 6.54 Å². The van der Waals surface area contributed by atoms with E-state index in [9.17, 15) is 4.79 Å². The number of anilines is 1. The van der Waals surface area contributed by atoms with Crippen molar-refractivity contribution >= 4 is 17.3 Å². The lowest BCUT2D eigenvalue weighted by atomic mass is 10.5. The monoisotopic (exact) mass is 227 g/mol. The number of hydrogen-bond donors (Lipinski definition) is 1. The Morgan fingerprint density at radius 2 is 2.33 bits per heavy atom. The first kappa shape index (κ1) is 9.66. The van der Waals surface area contributed by atoms with Gasteiger partial charge in [-0.2, -0.15) is 4.98 Å². The van der Waals surface area contributed by atoms with Crippen LogP contribution in [0.3, 0.4) is 0 Å². The van der Waals surface area contributed by atoms with Crippen molar-refractivity contribution in [2.75, 3.05) is 5.73 Å². The van der Waals surface area contributed by atoms with Crippen molar-refractivity contribution < 1.29 is 4.52 Å². The number of hydrogen-bond acceptors (Lipinski definition) is 6. The van der Waals surface area contributed by atoms with Crippen molar-refractivity contribution in [2.24, 2.45) is 0 Å². The van der Waals surface area contributed by atoms with Gasteiger partial charge in [0, 0.05) is 0 Å². The molecule has 0 aliphatic carbocycles. The molecule has 0 radical (unpaired) electrons. The second-order valence-electron chi connectivity index (χ2n) is 2.73.